The number of nitrogens with zero attached hydrogens (tertiary/aromatic N) is 1. The second-order valence-electron chi connectivity index (χ2n) is 4.51. The van der Waals surface area contributed by atoms with Crippen LogP contribution in [-0.4, -0.2) is 25.7 Å². The first kappa shape index (κ1) is 13.6. The van der Waals surface area contributed by atoms with Gasteiger partial charge in [-0.2, -0.15) is 0 Å². The van der Waals surface area contributed by atoms with Gasteiger partial charge in [0, 0.05) is 17.1 Å². The van der Waals surface area contributed by atoms with Crippen LogP contribution in [0.25, 0.3) is 10.9 Å². The lowest BCUT2D eigenvalue weighted by Gasteiger charge is -2.13. The summed E-state index contributed by atoms with van der Waals surface area (Å²) >= 11 is 0. The molecule has 0 bridgehead atoms. The molecule has 0 saturated carbocycles. The quantitative estimate of drug-likeness (QED) is 0.897. The van der Waals surface area contributed by atoms with E-state index in [1.165, 1.54) is 5.56 Å². The topological polar surface area (TPSA) is 57.4 Å². The van der Waals surface area contributed by atoms with Gasteiger partial charge < -0.3 is 15.2 Å². The first-order chi connectivity index (χ1) is 9.21. The van der Waals surface area contributed by atoms with Crippen LogP contribution in [-0.2, 0) is 6.42 Å². The van der Waals surface area contributed by atoms with E-state index in [1.54, 1.807) is 14.2 Å². The number of aryl methyl sites for hydroxylation is 2. The molecule has 0 unspecified atom stereocenters. The number of benzene rings is 1. The van der Waals surface area contributed by atoms with E-state index in [2.05, 4.69) is 11.1 Å². The third kappa shape index (κ3) is 2.63. The second kappa shape index (κ2) is 5.89. The fourth-order valence-corrected chi connectivity index (χ4v) is 2.30. The van der Waals surface area contributed by atoms with Crippen molar-refractivity contribution < 1.29 is 9.47 Å². The zero-order chi connectivity index (χ0) is 13.8. The molecule has 1 heterocycles. The Balaban J connectivity index is 2.70. The van der Waals surface area contributed by atoms with Gasteiger partial charge in [0.1, 0.15) is 17.0 Å². The Morgan fingerprint density at radius 3 is 2.53 bits per heavy atom. The van der Waals surface area contributed by atoms with Crippen molar-refractivity contribution in [3.63, 3.8) is 0 Å². The number of rotatable bonds is 5. The van der Waals surface area contributed by atoms with Crippen LogP contribution in [0.3, 0.4) is 0 Å². The van der Waals surface area contributed by atoms with Gasteiger partial charge in [0.2, 0.25) is 0 Å². The number of methoxy groups -OCH3 is 2. The molecule has 0 spiro atoms. The van der Waals surface area contributed by atoms with Gasteiger partial charge in [0.05, 0.1) is 14.2 Å². The van der Waals surface area contributed by atoms with Gasteiger partial charge in [-0.15, -0.1) is 0 Å². The third-order valence-corrected chi connectivity index (χ3v) is 3.19. The van der Waals surface area contributed by atoms with Gasteiger partial charge in [-0.05, 0) is 37.9 Å². The number of aromatic nitrogens is 1. The van der Waals surface area contributed by atoms with Crippen molar-refractivity contribution >= 4 is 10.9 Å². The average molecular weight is 260 g/mol. The highest BCUT2D eigenvalue weighted by atomic mass is 16.5. The zero-order valence-electron chi connectivity index (χ0n) is 11.7. The maximum atomic E-state index is 5.60. The molecule has 4 nitrogen and oxygen atoms in total. The molecule has 0 aliphatic carbocycles. The molecular formula is C15H20N2O2. The van der Waals surface area contributed by atoms with Gasteiger partial charge in [-0.3, -0.25) is 0 Å². The molecule has 1 aromatic heterocycles. The molecule has 19 heavy (non-hydrogen) atoms. The van der Waals surface area contributed by atoms with E-state index in [0.29, 0.717) is 6.54 Å². The van der Waals surface area contributed by atoms with Crippen LogP contribution in [0.15, 0.2) is 18.2 Å². The summed E-state index contributed by atoms with van der Waals surface area (Å²) in [6.45, 7) is 2.63. The van der Waals surface area contributed by atoms with Crippen molar-refractivity contribution in [3.8, 4) is 11.5 Å². The largest absolute Gasteiger partial charge is 0.496 e. The van der Waals surface area contributed by atoms with Crippen LogP contribution in [0, 0.1) is 6.92 Å². The molecule has 0 aliphatic heterocycles. The minimum Gasteiger partial charge on any atom is -0.496 e. The standard InChI is InChI=1S/C15H20N2O2/c1-10-9-13(19-3)14-11(5-4-8-16)6-7-12(18-2)15(14)17-10/h6-7,9H,4-5,8,16H2,1-3H3. The molecule has 2 rings (SSSR count). The van der Waals surface area contributed by atoms with Crippen molar-refractivity contribution in [2.75, 3.05) is 20.8 Å². The van der Waals surface area contributed by atoms with Crippen molar-refractivity contribution in [2.45, 2.75) is 19.8 Å². The lowest BCUT2D eigenvalue weighted by atomic mass is 10.0. The van der Waals surface area contributed by atoms with E-state index in [0.717, 1.165) is 40.9 Å². The molecule has 0 radical (unpaired) electrons. The summed E-state index contributed by atoms with van der Waals surface area (Å²) < 4.78 is 10.9. The van der Waals surface area contributed by atoms with E-state index >= 15 is 0 Å². The summed E-state index contributed by atoms with van der Waals surface area (Å²) in [5.41, 5.74) is 8.57. The van der Waals surface area contributed by atoms with E-state index < -0.39 is 0 Å². The number of hydrogen-bond acceptors (Lipinski definition) is 4. The number of hydrogen-bond donors (Lipinski definition) is 1. The minimum absolute atomic E-state index is 0.676. The second-order valence-corrected chi connectivity index (χ2v) is 4.51. The molecule has 2 N–H and O–H groups in total. The van der Waals surface area contributed by atoms with Crippen molar-refractivity contribution in [1.82, 2.24) is 4.98 Å². The molecule has 0 fully saturated rings. The van der Waals surface area contributed by atoms with E-state index in [4.69, 9.17) is 15.2 Å². The van der Waals surface area contributed by atoms with Crippen LogP contribution in [0.5, 0.6) is 11.5 Å². The highest BCUT2D eigenvalue weighted by Crippen LogP contribution is 2.34. The normalized spacial score (nSPS) is 10.7. The highest BCUT2D eigenvalue weighted by molar-refractivity contribution is 5.93. The Kier molecular flexibility index (Phi) is 4.22. The molecule has 1 aromatic carbocycles. The van der Waals surface area contributed by atoms with Gasteiger partial charge in [-0.1, -0.05) is 6.07 Å². The van der Waals surface area contributed by atoms with E-state index in [-0.39, 0.29) is 0 Å². The highest BCUT2D eigenvalue weighted by Gasteiger charge is 2.13. The third-order valence-electron chi connectivity index (χ3n) is 3.19. The Bertz CT molecular complexity index is 582. The summed E-state index contributed by atoms with van der Waals surface area (Å²) in [7, 11) is 3.34. The lowest BCUT2D eigenvalue weighted by Crippen LogP contribution is -2.02. The SMILES string of the molecule is COc1ccc(CCCN)c2c(OC)cc(C)nc12. The number of ether oxygens (including phenoxy) is 2. The van der Waals surface area contributed by atoms with Crippen LogP contribution >= 0.6 is 0 Å². The molecule has 2 aromatic rings. The predicted octanol–water partition coefficient (Wildman–Crippen LogP) is 2.45. The van der Waals surface area contributed by atoms with Gasteiger partial charge in [0.15, 0.2) is 0 Å². The van der Waals surface area contributed by atoms with E-state index in [1.807, 2.05) is 19.1 Å². The molecule has 0 aliphatic rings. The summed E-state index contributed by atoms with van der Waals surface area (Å²) in [6, 6.07) is 5.98. The summed E-state index contributed by atoms with van der Waals surface area (Å²) in [4.78, 5) is 4.59. The Morgan fingerprint density at radius 1 is 1.16 bits per heavy atom. The maximum absolute atomic E-state index is 5.60. The smallest absolute Gasteiger partial charge is 0.145 e. The van der Waals surface area contributed by atoms with Crippen LogP contribution in [0.4, 0.5) is 0 Å². The molecule has 0 saturated heterocycles. The number of fused-ring (bicyclic) bond motifs is 1. The van der Waals surface area contributed by atoms with Crippen LogP contribution in [0.2, 0.25) is 0 Å². The molecular weight excluding hydrogens is 240 g/mol. The Hall–Kier alpha value is -1.81. The first-order valence-electron chi connectivity index (χ1n) is 6.42. The van der Waals surface area contributed by atoms with Crippen molar-refractivity contribution in [2.24, 2.45) is 5.73 Å². The van der Waals surface area contributed by atoms with Crippen LogP contribution in [0.1, 0.15) is 17.7 Å². The zero-order valence-corrected chi connectivity index (χ0v) is 11.7. The minimum atomic E-state index is 0.676. The number of nitrogens with two attached hydrogens (primary N) is 1. The fraction of sp³-hybridized carbons (Fsp3) is 0.400. The van der Waals surface area contributed by atoms with Crippen molar-refractivity contribution in [3.05, 3.63) is 29.5 Å². The van der Waals surface area contributed by atoms with Crippen molar-refractivity contribution in [1.29, 1.82) is 0 Å². The molecule has 0 amide bonds. The maximum Gasteiger partial charge on any atom is 0.145 e. The van der Waals surface area contributed by atoms with Gasteiger partial charge in [-0.25, -0.2) is 4.98 Å². The summed E-state index contributed by atoms with van der Waals surface area (Å²) in [5.74, 6) is 1.61. The first-order valence-corrected chi connectivity index (χ1v) is 6.42. The Labute approximate surface area is 113 Å². The lowest BCUT2D eigenvalue weighted by molar-refractivity contribution is 0.413. The van der Waals surface area contributed by atoms with Gasteiger partial charge >= 0.3 is 0 Å². The summed E-state index contributed by atoms with van der Waals surface area (Å²) in [5, 5.41) is 1.03. The van der Waals surface area contributed by atoms with E-state index in [9.17, 15) is 0 Å². The monoisotopic (exact) mass is 260 g/mol. The fourth-order valence-electron chi connectivity index (χ4n) is 2.30. The van der Waals surface area contributed by atoms with Gasteiger partial charge in [0.25, 0.3) is 0 Å². The summed E-state index contributed by atoms with van der Waals surface area (Å²) in [6.07, 6.45) is 1.86. The molecule has 4 heteroatoms. The average Bonchev–Trinajstić information content (AvgIpc) is 2.43. The predicted molar refractivity (Wildman–Crippen MR) is 77.0 cm³/mol. The molecule has 102 valence electrons. The van der Waals surface area contributed by atoms with Crippen LogP contribution < -0.4 is 15.2 Å². The number of pyridine rings is 1. The molecule has 0 atom stereocenters. The Morgan fingerprint density at radius 2 is 1.89 bits per heavy atom.